The number of nitrogens with zero attached hydrogens (tertiary/aromatic N) is 17. The van der Waals surface area contributed by atoms with Gasteiger partial charge in [-0.1, -0.05) is 123 Å². The number of unbranched alkanes of at least 4 members (excludes halogenated alkanes) is 7. The Morgan fingerprint density at radius 3 is 0.679 bits per heavy atom. The van der Waals surface area contributed by atoms with Crippen LogP contribution in [0.5, 0.6) is 11.5 Å². The maximum atomic E-state index is 11.9. The monoisotopic (exact) mass is 2180 g/mol. The first kappa shape index (κ1) is 118. The fourth-order valence-corrected chi connectivity index (χ4v) is 11.8. The van der Waals surface area contributed by atoms with E-state index in [9.17, 15) is 19.5 Å². The van der Waals surface area contributed by atoms with Gasteiger partial charge in [0.25, 0.3) is 11.8 Å². The Hall–Kier alpha value is -11.9. The Kier molecular flexibility index (Phi) is 61.7. The number of hydroxylamine groups is 2. The molecule has 0 spiro atoms. The molecule has 0 unspecified atom stereocenters. The molecule has 1 aliphatic heterocycles. The number of amides is 2. The van der Waals surface area contributed by atoms with Gasteiger partial charge in [-0.05, 0) is 195 Å². The van der Waals surface area contributed by atoms with Crippen molar-refractivity contribution in [2.24, 2.45) is 5.41 Å². The van der Waals surface area contributed by atoms with Crippen LogP contribution in [-0.2, 0) is 82.4 Å². The molecule has 16 aromatic rings. The normalized spacial score (nSPS) is 10.3. The summed E-state index contributed by atoms with van der Waals surface area (Å²) in [5.41, 5.74) is 12.9. The van der Waals surface area contributed by atoms with Gasteiger partial charge >= 0.3 is 64.4 Å². The van der Waals surface area contributed by atoms with Crippen LogP contribution in [0.4, 0.5) is 0 Å². The Bertz CT molecular complexity index is 4790. The van der Waals surface area contributed by atoms with E-state index in [4.69, 9.17) is 19.0 Å². The van der Waals surface area contributed by atoms with Gasteiger partial charge in [-0.15, -0.1) is 5.06 Å². The van der Waals surface area contributed by atoms with Crippen LogP contribution in [-0.4, -0.2) is 141 Å². The molecule has 694 valence electrons. The smallest absolute Gasteiger partial charge is 1.00 e. The number of aliphatic hydroxyl groups is 1. The van der Waals surface area contributed by atoms with Gasteiger partial charge < -0.3 is 98.6 Å². The van der Waals surface area contributed by atoms with E-state index in [1.54, 1.807) is 111 Å². The zero-order valence-corrected chi connectivity index (χ0v) is 82.1. The molecule has 25 nitrogen and oxygen atoms in total. The quantitative estimate of drug-likeness (QED) is 0.0389. The third-order valence-corrected chi connectivity index (χ3v) is 18.3. The van der Waals surface area contributed by atoms with Crippen molar-refractivity contribution in [3.63, 3.8) is 0 Å². The minimum absolute atomic E-state index is 0. The number of ether oxygens (including phenoxy) is 3. The molecule has 17 heterocycles. The number of rotatable bonds is 29. The fraction of sp³-hybridized carbons (Fsp3) is 0.170. The minimum Gasteiger partial charge on any atom is -1.00 e. The second-order valence-corrected chi connectivity index (χ2v) is 27.7. The van der Waals surface area contributed by atoms with Crippen molar-refractivity contribution in [2.75, 3.05) is 33.0 Å². The summed E-state index contributed by atoms with van der Waals surface area (Å²) in [6.07, 6.45) is 35.9. The van der Waals surface area contributed by atoms with E-state index in [1.165, 1.54) is 0 Å². The number of hydrogen-bond donors (Lipinski definition) is 1. The first-order valence-corrected chi connectivity index (χ1v) is 40.9. The maximum absolute atomic E-state index is 11.9. The number of hydrogen-bond acceptors (Lipinski definition) is 24. The zero-order valence-electron chi connectivity index (χ0n) is 72.3. The van der Waals surface area contributed by atoms with Gasteiger partial charge in [0.15, 0.2) is 0 Å². The molecule has 16 aromatic heterocycles. The molecule has 134 heavy (non-hydrogen) atoms. The molecule has 2 amide bonds. The number of carbonyl (C=O) groups is 3. The third-order valence-electron chi connectivity index (χ3n) is 18.3. The molecule has 1 saturated heterocycles. The van der Waals surface area contributed by atoms with Crippen molar-refractivity contribution in [3.8, 4) is 103 Å². The summed E-state index contributed by atoms with van der Waals surface area (Å²) in [5, 5.41) is 11.3. The number of aliphatic hydroxyl groups excluding tert-OH is 1. The van der Waals surface area contributed by atoms with E-state index in [0.717, 1.165) is 125 Å². The molecule has 0 aliphatic carbocycles. The third kappa shape index (κ3) is 42.6. The topological polar surface area (TPSA) is 318 Å². The van der Waals surface area contributed by atoms with Crippen LogP contribution in [0.3, 0.4) is 0 Å². The molecule has 0 saturated carbocycles. The average molecular weight is 2180 g/mol. The van der Waals surface area contributed by atoms with Crippen molar-refractivity contribution >= 4 is 17.8 Å². The summed E-state index contributed by atoms with van der Waals surface area (Å²) in [7, 11) is 0. The first-order valence-electron chi connectivity index (χ1n) is 40.9. The molecular weight excluding hydrogens is 2080 g/mol. The van der Waals surface area contributed by atoms with Gasteiger partial charge in [-0.2, -0.15) is 0 Å². The van der Waals surface area contributed by atoms with Gasteiger partial charge in [-0.3, -0.25) is 89.3 Å². The molecule has 17 rings (SSSR count). The maximum Gasteiger partial charge on any atom is 2.00 e. The largest absolute Gasteiger partial charge is 2.00 e. The van der Waals surface area contributed by atoms with Gasteiger partial charge in [0, 0.05) is 137 Å². The van der Waals surface area contributed by atoms with Crippen molar-refractivity contribution in [1.82, 2.24) is 84.8 Å². The molecular formula is C100H95Cl6N17O8Ru3. The molecule has 1 fully saturated rings. The molecule has 0 atom stereocenters. The first-order chi connectivity index (χ1) is 61.7. The standard InChI is InChI=1S/C40H47N5O8.6C10H8N2.6ClH.3Ru/c46-27-40(29-51-31-18-22-43-35(25-31)33-13-8-10-20-41-33,30-52-32-19-23-44-36(26-32)34-14-9-11-21-42-34)28-50-24-12-6-4-2-1-3-5-7-15-39(49)53-45-37(47)16-17-38(45)48;6*1-3-7-11-9(5-1)10-6-2-4-8-12-10;;;;;;;;;/h8-11,13-14,18-23,25-26,46H,1-7,12,15-17,24,27-30H2;6*1-8H;6*1H;;;/q;;;;;;;;;;;;;3*+2/p-6. The predicted octanol–water partition coefficient (Wildman–Crippen LogP) is 1.05. The van der Waals surface area contributed by atoms with Crippen LogP contribution >= 0.6 is 0 Å². The van der Waals surface area contributed by atoms with Crippen LogP contribution in [0.15, 0.2) is 378 Å². The van der Waals surface area contributed by atoms with E-state index in [2.05, 4.69) is 79.7 Å². The summed E-state index contributed by atoms with van der Waals surface area (Å²) >= 11 is 0. The number of pyridine rings is 16. The van der Waals surface area contributed by atoms with E-state index in [1.807, 2.05) is 267 Å². The SMILES string of the molecule is O=C(CCCCCCCCCCOCC(CO)(COc1ccnc(-c2ccccn2)c1)COc1ccnc(-c2ccccn2)c1)ON1C(=O)CCC1=O.[Cl-].[Cl-].[Cl-].[Cl-].[Cl-].[Cl-].[Ru+2].[Ru+2].[Ru+2].c1ccc(-c2ccccn2)nc1.c1ccc(-c2ccccn2)nc1.c1ccc(-c2ccccn2)nc1.c1ccc(-c2ccccn2)nc1.c1ccc(-c2ccccn2)nc1.c1ccc(-c2ccccn2)nc1. The van der Waals surface area contributed by atoms with Gasteiger partial charge in [0.2, 0.25) is 0 Å². The molecule has 1 aliphatic rings. The Labute approximate surface area is 856 Å². The van der Waals surface area contributed by atoms with E-state index in [0.29, 0.717) is 41.0 Å². The summed E-state index contributed by atoms with van der Waals surface area (Å²) in [4.78, 5) is 108. The van der Waals surface area contributed by atoms with Crippen LogP contribution in [0.1, 0.15) is 70.6 Å². The summed E-state index contributed by atoms with van der Waals surface area (Å²) in [6, 6.07) is 88.0. The molecule has 0 aromatic carbocycles. The van der Waals surface area contributed by atoms with Crippen LogP contribution in [0, 0.1) is 5.41 Å². The molecule has 0 radical (unpaired) electrons. The number of aromatic nitrogens is 16. The van der Waals surface area contributed by atoms with Crippen molar-refractivity contribution in [3.05, 3.63) is 378 Å². The summed E-state index contributed by atoms with van der Waals surface area (Å²) in [5.74, 6) is -0.280. The molecule has 0 bridgehead atoms. The number of carbonyl (C=O) groups excluding carboxylic acids is 3. The Morgan fingerprint density at radius 2 is 0.470 bits per heavy atom. The zero-order chi connectivity index (χ0) is 86.5. The number of imide groups is 1. The minimum atomic E-state index is -0.866. The van der Waals surface area contributed by atoms with E-state index < -0.39 is 23.2 Å². The second kappa shape index (κ2) is 69.9. The predicted molar refractivity (Wildman–Crippen MR) is 480 cm³/mol. The van der Waals surface area contributed by atoms with Crippen LogP contribution in [0.2, 0.25) is 0 Å². The van der Waals surface area contributed by atoms with E-state index in [-0.39, 0.29) is 179 Å². The van der Waals surface area contributed by atoms with Crippen molar-refractivity contribution in [1.29, 1.82) is 0 Å². The van der Waals surface area contributed by atoms with Crippen LogP contribution < -0.4 is 83.9 Å². The Balaban J connectivity index is 0.000000604. The van der Waals surface area contributed by atoms with Crippen molar-refractivity contribution in [2.45, 2.75) is 70.6 Å². The van der Waals surface area contributed by atoms with Gasteiger partial charge in [0.05, 0.1) is 110 Å². The Morgan fingerprint density at radius 1 is 0.269 bits per heavy atom. The van der Waals surface area contributed by atoms with E-state index >= 15 is 0 Å². The average Bonchev–Trinajstić information content (AvgIpc) is 0.917. The number of halogens is 6. The van der Waals surface area contributed by atoms with Gasteiger partial charge in [0.1, 0.15) is 24.7 Å². The second-order valence-electron chi connectivity index (χ2n) is 27.7. The summed E-state index contributed by atoms with van der Waals surface area (Å²) in [6.45, 7) is 0.807. The summed E-state index contributed by atoms with van der Waals surface area (Å²) < 4.78 is 18.6. The molecule has 1 N–H and O–H groups in total. The van der Waals surface area contributed by atoms with Crippen molar-refractivity contribution < 1.29 is 171 Å². The van der Waals surface area contributed by atoms with Crippen LogP contribution in [0.25, 0.3) is 91.1 Å². The molecule has 34 heteroatoms. The van der Waals surface area contributed by atoms with Gasteiger partial charge in [-0.25, -0.2) is 4.79 Å². The fourth-order valence-electron chi connectivity index (χ4n) is 11.8.